The predicted molar refractivity (Wildman–Crippen MR) is 105 cm³/mol. The van der Waals surface area contributed by atoms with Crippen LogP contribution in [0.25, 0.3) is 0 Å². The molecule has 2 rings (SSSR count). The third kappa shape index (κ3) is 7.68. The van der Waals surface area contributed by atoms with Gasteiger partial charge in [0.1, 0.15) is 5.75 Å². The molecule has 0 fully saturated rings. The summed E-state index contributed by atoms with van der Waals surface area (Å²) in [6.07, 6.45) is -2.53. The van der Waals surface area contributed by atoms with Crippen molar-refractivity contribution in [1.82, 2.24) is 9.62 Å². The first kappa shape index (κ1) is 23.2. The van der Waals surface area contributed by atoms with Crippen molar-refractivity contribution >= 4 is 10.0 Å². The molecule has 5 nitrogen and oxygen atoms in total. The van der Waals surface area contributed by atoms with E-state index in [0.717, 1.165) is 43.7 Å². The van der Waals surface area contributed by atoms with Gasteiger partial charge in [0.2, 0.25) is 10.0 Å². The van der Waals surface area contributed by atoms with E-state index in [0.29, 0.717) is 17.9 Å². The molecule has 0 aliphatic carbocycles. The molecule has 160 valence electrons. The highest BCUT2D eigenvalue weighted by atomic mass is 32.2. The molecule has 2 aromatic rings. The second-order valence-corrected chi connectivity index (χ2v) is 8.62. The largest absolute Gasteiger partial charge is 0.494 e. The van der Waals surface area contributed by atoms with Crippen molar-refractivity contribution in [2.24, 2.45) is 0 Å². The van der Waals surface area contributed by atoms with Crippen molar-refractivity contribution in [3.05, 3.63) is 59.7 Å². The van der Waals surface area contributed by atoms with E-state index in [1.165, 1.54) is 0 Å². The van der Waals surface area contributed by atoms with Crippen LogP contribution in [0.2, 0.25) is 0 Å². The first-order valence-electron chi connectivity index (χ1n) is 9.11. The molecule has 0 aromatic heterocycles. The number of nitrogens with zero attached hydrogens (tertiary/aromatic N) is 1. The number of sulfonamides is 1. The fourth-order valence-corrected chi connectivity index (χ4v) is 3.53. The highest BCUT2D eigenvalue weighted by Crippen LogP contribution is 2.29. The fourth-order valence-electron chi connectivity index (χ4n) is 2.51. The van der Waals surface area contributed by atoms with Crippen LogP contribution >= 0.6 is 0 Å². The minimum atomic E-state index is -4.51. The average Bonchev–Trinajstić information content (AvgIpc) is 2.66. The Kier molecular flexibility index (Phi) is 8.06. The number of hydrogen-bond donors (Lipinski definition) is 1. The normalized spacial score (nSPS) is 12.3. The maximum Gasteiger partial charge on any atom is 0.416 e. The van der Waals surface area contributed by atoms with Crippen LogP contribution in [0.5, 0.6) is 5.75 Å². The van der Waals surface area contributed by atoms with Gasteiger partial charge in [0.05, 0.1) is 17.1 Å². The van der Waals surface area contributed by atoms with Crippen LogP contribution in [0.15, 0.2) is 53.4 Å². The number of halogens is 3. The first-order valence-corrected chi connectivity index (χ1v) is 10.6. The highest BCUT2D eigenvalue weighted by molar-refractivity contribution is 7.89. The molecule has 0 amide bonds. The van der Waals surface area contributed by atoms with Gasteiger partial charge in [-0.1, -0.05) is 12.1 Å². The molecular formula is C20H25F3N2O3S. The lowest BCUT2D eigenvalue weighted by molar-refractivity contribution is -0.137. The van der Waals surface area contributed by atoms with Gasteiger partial charge in [-0.15, -0.1) is 0 Å². The smallest absolute Gasteiger partial charge is 0.416 e. The summed E-state index contributed by atoms with van der Waals surface area (Å²) in [4.78, 5) is 1.89. The third-order valence-electron chi connectivity index (χ3n) is 4.15. The Balaban J connectivity index is 1.85. The Hall–Kier alpha value is -2.10. The van der Waals surface area contributed by atoms with Crippen LogP contribution in [0.4, 0.5) is 13.2 Å². The van der Waals surface area contributed by atoms with Crippen molar-refractivity contribution in [1.29, 1.82) is 0 Å². The number of nitrogens with one attached hydrogen (secondary N) is 1. The van der Waals surface area contributed by atoms with Crippen LogP contribution < -0.4 is 9.46 Å². The topological polar surface area (TPSA) is 58.6 Å². The molecule has 0 heterocycles. The molecule has 2 aromatic carbocycles. The average molecular weight is 430 g/mol. The number of rotatable bonds is 10. The Morgan fingerprint density at radius 2 is 1.59 bits per heavy atom. The molecule has 1 N–H and O–H groups in total. The van der Waals surface area contributed by atoms with E-state index >= 15 is 0 Å². The quantitative estimate of drug-likeness (QED) is 0.581. The van der Waals surface area contributed by atoms with Crippen molar-refractivity contribution in [2.75, 3.05) is 27.2 Å². The molecule has 0 saturated carbocycles. The standard InChI is InChI=1S/C20H25F3N2O3S/c1-25(2)13-3-4-14-28-18-9-5-16(6-10-18)15-24-29(26,27)19-11-7-17(8-12-19)20(21,22)23/h5-12,24H,3-4,13-15H2,1-2H3. The zero-order valence-corrected chi connectivity index (χ0v) is 17.2. The summed E-state index contributed by atoms with van der Waals surface area (Å²) in [5.41, 5.74) is -0.186. The van der Waals surface area contributed by atoms with Gasteiger partial charge in [0, 0.05) is 6.54 Å². The molecule has 0 aliphatic rings. The van der Waals surface area contributed by atoms with Crippen LogP contribution in [0.3, 0.4) is 0 Å². The zero-order valence-electron chi connectivity index (χ0n) is 16.4. The second-order valence-electron chi connectivity index (χ2n) is 6.85. The van der Waals surface area contributed by atoms with Gasteiger partial charge >= 0.3 is 6.18 Å². The lowest BCUT2D eigenvalue weighted by atomic mass is 10.2. The molecule has 0 aliphatic heterocycles. The van der Waals surface area contributed by atoms with Crippen molar-refractivity contribution in [3.8, 4) is 5.75 Å². The van der Waals surface area contributed by atoms with Crippen LogP contribution in [0, 0.1) is 0 Å². The summed E-state index contributed by atoms with van der Waals surface area (Å²) < 4.78 is 70.3. The summed E-state index contributed by atoms with van der Waals surface area (Å²) >= 11 is 0. The molecule has 0 unspecified atom stereocenters. The Morgan fingerprint density at radius 3 is 2.14 bits per heavy atom. The lowest BCUT2D eigenvalue weighted by Gasteiger charge is -2.11. The maximum atomic E-state index is 12.6. The van der Waals surface area contributed by atoms with Crippen molar-refractivity contribution < 1.29 is 26.3 Å². The van der Waals surface area contributed by atoms with Gasteiger partial charge in [-0.05, 0) is 75.4 Å². The van der Waals surface area contributed by atoms with Gasteiger partial charge in [-0.3, -0.25) is 0 Å². The van der Waals surface area contributed by atoms with Crippen molar-refractivity contribution in [2.45, 2.75) is 30.5 Å². The molecule has 29 heavy (non-hydrogen) atoms. The maximum absolute atomic E-state index is 12.6. The summed E-state index contributed by atoms with van der Waals surface area (Å²) in [5, 5.41) is 0. The van der Waals surface area contributed by atoms with Gasteiger partial charge in [0.15, 0.2) is 0 Å². The van der Waals surface area contributed by atoms with E-state index in [2.05, 4.69) is 9.62 Å². The third-order valence-corrected chi connectivity index (χ3v) is 5.57. The molecule has 0 radical (unpaired) electrons. The summed E-state index contributed by atoms with van der Waals surface area (Å²) in [6.45, 7) is 1.63. The molecule has 0 spiro atoms. The summed E-state index contributed by atoms with van der Waals surface area (Å²) in [6, 6.07) is 10.4. The van der Waals surface area contributed by atoms with Crippen LogP contribution in [-0.4, -0.2) is 40.6 Å². The molecule has 9 heteroatoms. The monoisotopic (exact) mass is 430 g/mol. The second kappa shape index (κ2) is 10.1. The minimum absolute atomic E-state index is 0.0203. The van der Waals surface area contributed by atoms with Gasteiger partial charge < -0.3 is 9.64 Å². The van der Waals surface area contributed by atoms with E-state index in [9.17, 15) is 21.6 Å². The van der Waals surface area contributed by atoms with Gasteiger partial charge in [-0.2, -0.15) is 13.2 Å². The van der Waals surface area contributed by atoms with E-state index in [1.54, 1.807) is 24.3 Å². The molecular weight excluding hydrogens is 405 g/mol. The Morgan fingerprint density at radius 1 is 0.966 bits per heavy atom. The number of hydrogen-bond acceptors (Lipinski definition) is 4. The van der Waals surface area contributed by atoms with E-state index in [-0.39, 0.29) is 11.4 Å². The molecule has 0 atom stereocenters. The van der Waals surface area contributed by atoms with Crippen LogP contribution in [0.1, 0.15) is 24.0 Å². The predicted octanol–water partition coefficient (Wildman–Crippen LogP) is 3.90. The minimum Gasteiger partial charge on any atom is -0.494 e. The van der Waals surface area contributed by atoms with Gasteiger partial charge in [0.25, 0.3) is 0 Å². The van der Waals surface area contributed by atoms with E-state index < -0.39 is 21.8 Å². The zero-order chi connectivity index (χ0) is 21.5. The summed E-state index contributed by atoms with van der Waals surface area (Å²) in [7, 11) is 0.127. The lowest BCUT2D eigenvalue weighted by Crippen LogP contribution is -2.23. The number of benzene rings is 2. The molecule has 0 bridgehead atoms. The Labute approximate surface area is 169 Å². The van der Waals surface area contributed by atoms with Crippen molar-refractivity contribution in [3.63, 3.8) is 0 Å². The van der Waals surface area contributed by atoms with Gasteiger partial charge in [-0.25, -0.2) is 13.1 Å². The fraction of sp³-hybridized carbons (Fsp3) is 0.400. The highest BCUT2D eigenvalue weighted by Gasteiger charge is 2.30. The first-order chi connectivity index (χ1) is 13.6. The van der Waals surface area contributed by atoms with Crippen LogP contribution in [-0.2, 0) is 22.7 Å². The van der Waals surface area contributed by atoms with E-state index in [1.807, 2.05) is 14.1 Å². The Bertz CT molecular complexity index is 865. The number of alkyl halides is 3. The summed E-state index contributed by atoms with van der Waals surface area (Å²) in [5.74, 6) is 0.698. The van der Waals surface area contributed by atoms with E-state index in [4.69, 9.17) is 4.74 Å². The molecule has 0 saturated heterocycles. The SMILES string of the molecule is CN(C)CCCCOc1ccc(CNS(=O)(=O)c2ccc(C(F)(F)F)cc2)cc1. The number of ether oxygens (including phenoxy) is 1. The number of unbranched alkanes of at least 4 members (excludes halogenated alkanes) is 1.